The standard InChI is InChI=1S/C21H26N4O5S/c1-15-5-7-19(12-17(15)3)31(29,30)24-10-8-23(9-11-24)14-21(26)22-20-13-18(25(27)28)6-4-16(20)2/h4-7,12-13H,8-11,14H2,1-3H3,(H,22,26)/p+1. The first-order valence-corrected chi connectivity index (χ1v) is 11.5. The third kappa shape index (κ3) is 5.27. The van der Waals surface area contributed by atoms with E-state index in [1.165, 1.54) is 16.4 Å². The van der Waals surface area contributed by atoms with Gasteiger partial charge in [0.25, 0.3) is 11.6 Å². The van der Waals surface area contributed by atoms with E-state index in [1.807, 2.05) is 19.9 Å². The second-order valence-electron chi connectivity index (χ2n) is 7.88. The average Bonchev–Trinajstić information content (AvgIpc) is 2.71. The third-order valence-corrected chi connectivity index (χ3v) is 7.56. The number of hydrogen-bond acceptors (Lipinski definition) is 5. The number of anilines is 1. The van der Waals surface area contributed by atoms with E-state index in [0.717, 1.165) is 21.6 Å². The molecular formula is C21H27N4O5S+. The van der Waals surface area contributed by atoms with Crippen molar-refractivity contribution in [1.29, 1.82) is 0 Å². The molecule has 0 spiro atoms. The Morgan fingerprint density at radius 3 is 2.32 bits per heavy atom. The minimum Gasteiger partial charge on any atom is -0.325 e. The van der Waals surface area contributed by atoms with Crippen LogP contribution < -0.4 is 10.2 Å². The maximum atomic E-state index is 12.9. The average molecular weight is 448 g/mol. The number of benzene rings is 2. The summed E-state index contributed by atoms with van der Waals surface area (Å²) < 4.78 is 27.3. The number of rotatable bonds is 6. The van der Waals surface area contributed by atoms with Crippen LogP contribution in [0.25, 0.3) is 0 Å². The van der Waals surface area contributed by atoms with Gasteiger partial charge in [0.2, 0.25) is 10.0 Å². The van der Waals surface area contributed by atoms with Crippen LogP contribution in [0.15, 0.2) is 41.3 Å². The molecule has 2 aromatic rings. The molecule has 1 aliphatic rings. The minimum absolute atomic E-state index is 0.0848. The predicted molar refractivity (Wildman–Crippen MR) is 117 cm³/mol. The van der Waals surface area contributed by atoms with Gasteiger partial charge in [-0.3, -0.25) is 14.9 Å². The summed E-state index contributed by atoms with van der Waals surface area (Å²) in [6.45, 7) is 7.42. The van der Waals surface area contributed by atoms with Gasteiger partial charge < -0.3 is 10.2 Å². The van der Waals surface area contributed by atoms with E-state index in [1.54, 1.807) is 25.1 Å². The fraction of sp³-hybridized carbons (Fsp3) is 0.381. The molecule has 1 saturated heterocycles. The maximum absolute atomic E-state index is 12.9. The molecule has 0 bridgehead atoms. The van der Waals surface area contributed by atoms with Crippen molar-refractivity contribution in [3.63, 3.8) is 0 Å². The second-order valence-corrected chi connectivity index (χ2v) is 9.82. The number of nitro benzene ring substituents is 1. The fourth-order valence-corrected chi connectivity index (χ4v) is 5.05. The Morgan fingerprint density at radius 2 is 1.71 bits per heavy atom. The molecule has 0 radical (unpaired) electrons. The van der Waals surface area contributed by atoms with Gasteiger partial charge >= 0.3 is 0 Å². The van der Waals surface area contributed by atoms with E-state index in [0.29, 0.717) is 31.9 Å². The van der Waals surface area contributed by atoms with Crippen LogP contribution in [0.3, 0.4) is 0 Å². The Balaban J connectivity index is 1.59. The van der Waals surface area contributed by atoms with E-state index in [4.69, 9.17) is 0 Å². The molecule has 0 unspecified atom stereocenters. The van der Waals surface area contributed by atoms with Crippen LogP contribution >= 0.6 is 0 Å². The molecule has 1 fully saturated rings. The van der Waals surface area contributed by atoms with E-state index in [2.05, 4.69) is 5.32 Å². The predicted octanol–water partition coefficient (Wildman–Crippen LogP) is 1.05. The lowest BCUT2D eigenvalue weighted by molar-refractivity contribution is -0.895. The van der Waals surface area contributed by atoms with E-state index in [-0.39, 0.29) is 23.0 Å². The van der Waals surface area contributed by atoms with Crippen LogP contribution in [-0.4, -0.2) is 56.3 Å². The van der Waals surface area contributed by atoms with Crippen molar-refractivity contribution in [2.45, 2.75) is 25.7 Å². The lowest BCUT2D eigenvalue weighted by Gasteiger charge is -2.31. The highest BCUT2D eigenvalue weighted by atomic mass is 32.2. The second kappa shape index (κ2) is 9.13. The topological polar surface area (TPSA) is 114 Å². The molecule has 9 nitrogen and oxygen atoms in total. The zero-order valence-corrected chi connectivity index (χ0v) is 18.7. The number of amides is 1. The summed E-state index contributed by atoms with van der Waals surface area (Å²) in [5.41, 5.74) is 3.03. The Bertz CT molecular complexity index is 1110. The summed E-state index contributed by atoms with van der Waals surface area (Å²) in [6, 6.07) is 9.47. The molecule has 0 saturated carbocycles. The number of nitrogens with zero attached hydrogens (tertiary/aromatic N) is 2. The molecule has 0 aliphatic carbocycles. The van der Waals surface area contributed by atoms with E-state index >= 15 is 0 Å². The lowest BCUT2D eigenvalue weighted by Crippen LogP contribution is -3.15. The van der Waals surface area contributed by atoms with E-state index < -0.39 is 14.9 Å². The van der Waals surface area contributed by atoms with Crippen LogP contribution in [0.5, 0.6) is 0 Å². The molecule has 10 heteroatoms. The summed E-state index contributed by atoms with van der Waals surface area (Å²) >= 11 is 0. The van der Waals surface area contributed by atoms with Gasteiger partial charge in [0, 0.05) is 12.1 Å². The number of sulfonamides is 1. The van der Waals surface area contributed by atoms with Crippen molar-refractivity contribution < 1.29 is 23.0 Å². The summed E-state index contributed by atoms with van der Waals surface area (Å²) in [6.07, 6.45) is 0. The van der Waals surface area contributed by atoms with Crippen molar-refractivity contribution in [2.75, 3.05) is 38.0 Å². The number of hydrogen-bond donors (Lipinski definition) is 2. The molecule has 2 N–H and O–H groups in total. The summed E-state index contributed by atoms with van der Waals surface area (Å²) in [5, 5.41) is 13.7. The smallest absolute Gasteiger partial charge is 0.279 e. The Labute approximate surface area is 181 Å². The molecule has 1 heterocycles. The monoisotopic (exact) mass is 447 g/mol. The van der Waals surface area contributed by atoms with Gasteiger partial charge in [-0.25, -0.2) is 8.42 Å². The first kappa shape index (κ1) is 22.9. The molecule has 0 atom stereocenters. The highest BCUT2D eigenvalue weighted by Gasteiger charge is 2.31. The number of carbonyl (C=O) groups is 1. The first-order valence-electron chi connectivity index (χ1n) is 10.0. The summed E-state index contributed by atoms with van der Waals surface area (Å²) in [4.78, 5) is 24.2. The lowest BCUT2D eigenvalue weighted by atomic mass is 10.1. The van der Waals surface area contributed by atoms with Crippen LogP contribution in [0, 0.1) is 30.9 Å². The molecular weight excluding hydrogens is 420 g/mol. The molecule has 31 heavy (non-hydrogen) atoms. The normalized spacial score (nSPS) is 15.6. The number of nitrogens with one attached hydrogen (secondary N) is 2. The number of non-ortho nitro benzene ring substituents is 1. The SMILES string of the molecule is Cc1ccc(S(=O)(=O)N2CC[NH+](CC(=O)Nc3cc([N+](=O)[O-])ccc3C)CC2)cc1C. The van der Waals surface area contributed by atoms with Crippen molar-refractivity contribution in [2.24, 2.45) is 0 Å². The van der Waals surface area contributed by atoms with Crippen LogP contribution in [-0.2, 0) is 14.8 Å². The molecule has 3 rings (SSSR count). The van der Waals surface area contributed by atoms with Crippen molar-refractivity contribution in [3.05, 3.63) is 63.2 Å². The Kier molecular flexibility index (Phi) is 6.73. The highest BCUT2D eigenvalue weighted by molar-refractivity contribution is 7.89. The van der Waals surface area contributed by atoms with Crippen molar-refractivity contribution >= 4 is 27.3 Å². The minimum atomic E-state index is -3.56. The maximum Gasteiger partial charge on any atom is 0.279 e. The third-order valence-electron chi connectivity index (χ3n) is 5.66. The van der Waals surface area contributed by atoms with Crippen LogP contribution in [0.2, 0.25) is 0 Å². The van der Waals surface area contributed by atoms with Crippen LogP contribution in [0.1, 0.15) is 16.7 Å². The fourth-order valence-electron chi connectivity index (χ4n) is 3.52. The number of quaternary nitrogens is 1. The molecule has 0 aromatic heterocycles. The summed E-state index contributed by atoms with van der Waals surface area (Å²) in [7, 11) is -3.56. The largest absolute Gasteiger partial charge is 0.325 e. The van der Waals surface area contributed by atoms with Gasteiger partial charge in [-0.05, 0) is 49.6 Å². The Hall–Kier alpha value is -2.82. The number of piperazine rings is 1. The number of nitro groups is 1. The van der Waals surface area contributed by atoms with Gasteiger partial charge in [-0.2, -0.15) is 4.31 Å². The van der Waals surface area contributed by atoms with E-state index in [9.17, 15) is 23.3 Å². The van der Waals surface area contributed by atoms with Gasteiger partial charge in [0.15, 0.2) is 6.54 Å². The van der Waals surface area contributed by atoms with Crippen LogP contribution in [0.4, 0.5) is 11.4 Å². The molecule has 2 aromatic carbocycles. The van der Waals surface area contributed by atoms with Gasteiger partial charge in [-0.1, -0.05) is 12.1 Å². The van der Waals surface area contributed by atoms with Gasteiger partial charge in [0.05, 0.1) is 41.7 Å². The van der Waals surface area contributed by atoms with Gasteiger partial charge in [-0.15, -0.1) is 0 Å². The zero-order chi connectivity index (χ0) is 22.8. The number of carbonyl (C=O) groups excluding carboxylic acids is 1. The highest BCUT2D eigenvalue weighted by Crippen LogP contribution is 2.22. The van der Waals surface area contributed by atoms with Crippen molar-refractivity contribution in [3.8, 4) is 0 Å². The Morgan fingerprint density at radius 1 is 1.06 bits per heavy atom. The zero-order valence-electron chi connectivity index (χ0n) is 17.8. The van der Waals surface area contributed by atoms with Gasteiger partial charge in [0.1, 0.15) is 0 Å². The quantitative estimate of drug-likeness (QED) is 0.508. The van der Waals surface area contributed by atoms with Crippen molar-refractivity contribution in [1.82, 2.24) is 4.31 Å². The molecule has 1 aliphatic heterocycles. The first-order chi connectivity index (χ1) is 14.6. The number of aryl methyl sites for hydroxylation is 3. The summed E-state index contributed by atoms with van der Waals surface area (Å²) in [5.74, 6) is -0.260. The molecule has 1 amide bonds. The molecule has 166 valence electrons.